The SMILES string of the molecule is CCC1(CN(C)C(=O)OC(C)(C)C)COCC2(CC(C)CCC2C(C)C)N1OCN=IC(C)C. The van der Waals surface area contributed by atoms with Crippen molar-refractivity contribution >= 4 is 27.1 Å². The number of carbonyl (C=O) groups is 1. The van der Waals surface area contributed by atoms with E-state index >= 15 is 0 Å². The lowest BCUT2D eigenvalue weighted by Crippen LogP contribution is -2.74. The van der Waals surface area contributed by atoms with Crippen LogP contribution in [0.3, 0.4) is 0 Å². The minimum Gasteiger partial charge on any atom is -0.444 e. The molecule has 0 aromatic rings. The fraction of sp³-hybridized carbons (Fsp3) is 0.962. The van der Waals surface area contributed by atoms with Crippen molar-refractivity contribution in [2.45, 2.75) is 109 Å². The van der Waals surface area contributed by atoms with E-state index in [-0.39, 0.29) is 32.7 Å². The molecule has 0 N–H and O–H groups in total. The Morgan fingerprint density at radius 3 is 2.47 bits per heavy atom. The summed E-state index contributed by atoms with van der Waals surface area (Å²) in [5.74, 6) is 1.57. The van der Waals surface area contributed by atoms with Crippen LogP contribution in [0.1, 0.15) is 88.0 Å². The van der Waals surface area contributed by atoms with E-state index in [0.717, 1.165) is 12.8 Å². The van der Waals surface area contributed by atoms with E-state index < -0.39 is 11.1 Å². The van der Waals surface area contributed by atoms with Gasteiger partial charge in [0.05, 0.1) is 24.3 Å². The van der Waals surface area contributed by atoms with E-state index in [0.29, 0.717) is 48.2 Å². The molecular formula is C26H50IN3O4. The molecule has 1 saturated carbocycles. The van der Waals surface area contributed by atoms with Crippen LogP contribution in [0.5, 0.6) is 0 Å². The topological polar surface area (TPSA) is 63.6 Å². The Kier molecular flexibility index (Phi) is 10.8. The molecule has 0 bridgehead atoms. The quantitative estimate of drug-likeness (QED) is 0.233. The number of hydrogen-bond donors (Lipinski definition) is 0. The van der Waals surface area contributed by atoms with Crippen LogP contribution in [-0.2, 0) is 14.3 Å². The Morgan fingerprint density at radius 1 is 1.24 bits per heavy atom. The zero-order chi connectivity index (χ0) is 25.7. The molecule has 200 valence electrons. The van der Waals surface area contributed by atoms with Crippen LogP contribution in [0.25, 0.3) is 0 Å². The standard InChI is InChI=1S/C26H50IN3O4/c1-11-25(15-29(10)23(31)34-24(7,8)9)16-32-17-26(30(25)33-18-28-27-20(4)5)14-21(6)12-13-22(26)19(2)3/h19-22H,11-18H2,1-10H3. The van der Waals surface area contributed by atoms with Gasteiger partial charge in [0.1, 0.15) is 5.60 Å². The van der Waals surface area contributed by atoms with E-state index in [1.165, 1.54) is 12.8 Å². The predicted molar refractivity (Wildman–Crippen MR) is 146 cm³/mol. The smallest absolute Gasteiger partial charge is 0.410 e. The lowest BCUT2D eigenvalue weighted by Gasteiger charge is -2.61. The summed E-state index contributed by atoms with van der Waals surface area (Å²) < 4.78 is 17.5. The third kappa shape index (κ3) is 7.35. The highest BCUT2D eigenvalue weighted by atomic mass is 127. The molecule has 0 aromatic carbocycles. The minimum atomic E-state index is -0.536. The first-order valence-electron chi connectivity index (χ1n) is 13.0. The molecule has 1 amide bonds. The lowest BCUT2D eigenvalue weighted by atomic mass is 9.63. The monoisotopic (exact) mass is 595 g/mol. The molecule has 2 aliphatic rings. The highest BCUT2D eigenvalue weighted by Crippen LogP contribution is 2.50. The normalized spacial score (nSPS) is 31.3. The molecule has 1 aliphatic carbocycles. The Morgan fingerprint density at radius 2 is 1.91 bits per heavy atom. The van der Waals surface area contributed by atoms with Crippen LogP contribution in [0, 0.1) is 17.8 Å². The van der Waals surface area contributed by atoms with Gasteiger partial charge in [-0.15, -0.1) is 0 Å². The van der Waals surface area contributed by atoms with Crippen molar-refractivity contribution in [1.29, 1.82) is 0 Å². The van der Waals surface area contributed by atoms with E-state index in [2.05, 4.69) is 46.6 Å². The second-order valence-corrected chi connectivity index (χ2v) is 15.8. The number of alkyl halides is 1. The number of morpholine rings is 1. The molecule has 2 rings (SSSR count). The molecule has 0 radical (unpaired) electrons. The summed E-state index contributed by atoms with van der Waals surface area (Å²) in [7, 11) is 1.82. The third-order valence-electron chi connectivity index (χ3n) is 7.12. The molecule has 8 heteroatoms. The van der Waals surface area contributed by atoms with Crippen molar-refractivity contribution < 1.29 is 19.1 Å². The van der Waals surface area contributed by atoms with E-state index in [4.69, 9.17) is 17.5 Å². The van der Waals surface area contributed by atoms with E-state index in [9.17, 15) is 4.79 Å². The second-order valence-electron chi connectivity index (χ2n) is 12.0. The number of amides is 1. The predicted octanol–water partition coefficient (Wildman–Crippen LogP) is 6.62. The Hall–Kier alpha value is -0.320. The fourth-order valence-corrected chi connectivity index (χ4v) is 6.85. The van der Waals surface area contributed by atoms with Crippen LogP contribution in [0.15, 0.2) is 3.15 Å². The maximum atomic E-state index is 12.9. The van der Waals surface area contributed by atoms with Gasteiger partial charge in [-0.1, -0.05) is 48.0 Å². The van der Waals surface area contributed by atoms with Gasteiger partial charge in [0.2, 0.25) is 0 Å². The van der Waals surface area contributed by atoms with Crippen LogP contribution in [-0.4, -0.2) is 70.2 Å². The number of hydrogen-bond acceptors (Lipinski definition) is 6. The Labute approximate surface area is 218 Å². The first-order chi connectivity index (χ1) is 15.8. The van der Waals surface area contributed by atoms with Gasteiger partial charge in [-0.05, 0) is 78.8 Å². The maximum Gasteiger partial charge on any atom is 0.410 e. The van der Waals surface area contributed by atoms with Gasteiger partial charge in [-0.3, -0.25) is 4.84 Å². The molecule has 2 fully saturated rings. The van der Waals surface area contributed by atoms with Crippen LogP contribution < -0.4 is 0 Å². The van der Waals surface area contributed by atoms with Gasteiger partial charge in [-0.25, -0.2) is 7.94 Å². The molecule has 1 saturated heterocycles. The number of nitrogens with zero attached hydrogens (tertiary/aromatic N) is 3. The van der Waals surface area contributed by atoms with Gasteiger partial charge in [0.15, 0.2) is 6.73 Å². The summed E-state index contributed by atoms with van der Waals surface area (Å²) in [5, 5.41) is 2.29. The number of halogens is 1. The largest absolute Gasteiger partial charge is 0.444 e. The summed E-state index contributed by atoms with van der Waals surface area (Å²) in [6.07, 6.45) is 3.93. The highest BCUT2D eigenvalue weighted by Gasteiger charge is 2.59. The highest BCUT2D eigenvalue weighted by molar-refractivity contribution is 14.2. The zero-order valence-electron chi connectivity index (χ0n) is 23.3. The van der Waals surface area contributed by atoms with Crippen molar-refractivity contribution in [2.75, 3.05) is 33.5 Å². The van der Waals surface area contributed by atoms with Gasteiger partial charge in [-0.2, -0.15) is 5.06 Å². The number of hydroxylamine groups is 2. The molecule has 34 heavy (non-hydrogen) atoms. The molecule has 4 atom stereocenters. The van der Waals surface area contributed by atoms with Crippen LogP contribution in [0.4, 0.5) is 4.79 Å². The number of likely N-dealkylation sites (N-methyl/N-ethyl adjacent to an activating group) is 1. The Balaban J connectivity index is 2.45. The minimum absolute atomic E-state index is 0.222. The summed E-state index contributed by atoms with van der Waals surface area (Å²) in [4.78, 5) is 21.3. The molecular weight excluding hydrogens is 545 g/mol. The average molecular weight is 596 g/mol. The van der Waals surface area contributed by atoms with Gasteiger partial charge in [0, 0.05) is 17.5 Å². The number of rotatable bonds is 8. The summed E-state index contributed by atoms with van der Waals surface area (Å²) >= 11 is -0.249. The molecule has 1 aliphatic heterocycles. The van der Waals surface area contributed by atoms with E-state index in [1.807, 2.05) is 27.8 Å². The third-order valence-corrected chi connectivity index (χ3v) is 8.91. The van der Waals surface area contributed by atoms with Gasteiger partial charge >= 0.3 is 6.09 Å². The van der Waals surface area contributed by atoms with Crippen LogP contribution in [0.2, 0.25) is 0 Å². The first-order valence-corrected chi connectivity index (χ1v) is 15.2. The molecule has 7 nitrogen and oxygen atoms in total. The second kappa shape index (κ2) is 12.3. The van der Waals surface area contributed by atoms with Gasteiger partial charge in [0.25, 0.3) is 0 Å². The molecule has 4 unspecified atom stereocenters. The summed E-state index contributed by atoms with van der Waals surface area (Å²) in [6, 6.07) is 0. The van der Waals surface area contributed by atoms with Crippen molar-refractivity contribution in [3.05, 3.63) is 0 Å². The van der Waals surface area contributed by atoms with E-state index in [1.54, 1.807) is 4.90 Å². The van der Waals surface area contributed by atoms with Crippen molar-refractivity contribution in [2.24, 2.45) is 20.9 Å². The van der Waals surface area contributed by atoms with Crippen molar-refractivity contribution in [3.63, 3.8) is 0 Å². The average Bonchev–Trinajstić information content (AvgIpc) is 2.71. The molecule has 0 aromatic heterocycles. The lowest BCUT2D eigenvalue weighted by molar-refractivity contribution is -0.348. The molecule has 1 heterocycles. The van der Waals surface area contributed by atoms with Gasteiger partial charge < -0.3 is 14.4 Å². The number of carbonyl (C=O) groups excluding carboxylic acids is 1. The van der Waals surface area contributed by atoms with Crippen LogP contribution >= 0.6 is 21.0 Å². The Bertz CT molecular complexity index is 696. The maximum absolute atomic E-state index is 12.9. The molecule has 1 spiro atoms. The summed E-state index contributed by atoms with van der Waals surface area (Å²) in [6.45, 7) is 21.4. The first kappa shape index (κ1) is 29.9. The fourth-order valence-electron chi connectivity index (χ4n) is 5.77. The number of ether oxygens (including phenoxy) is 2. The van der Waals surface area contributed by atoms with Crippen molar-refractivity contribution in [3.8, 4) is 0 Å². The summed E-state index contributed by atoms with van der Waals surface area (Å²) in [5.41, 5.74) is -1.22. The zero-order valence-corrected chi connectivity index (χ0v) is 25.5. The van der Waals surface area contributed by atoms with Crippen molar-refractivity contribution in [1.82, 2.24) is 9.96 Å².